The van der Waals surface area contributed by atoms with Crippen LogP contribution in [0.25, 0.3) is 11.6 Å². The Morgan fingerprint density at radius 1 is 1.07 bits per heavy atom. The molecule has 0 atom stereocenters. The molecule has 0 bridgehead atoms. The van der Waals surface area contributed by atoms with E-state index < -0.39 is 10.1 Å². The van der Waals surface area contributed by atoms with Crippen molar-refractivity contribution in [1.29, 1.82) is 5.26 Å². The summed E-state index contributed by atoms with van der Waals surface area (Å²) in [7, 11) is -4.06. The highest BCUT2D eigenvalue weighted by Crippen LogP contribution is 2.30. The molecule has 146 valence electrons. The Morgan fingerprint density at radius 3 is 2.34 bits per heavy atom. The van der Waals surface area contributed by atoms with Crippen molar-refractivity contribution in [2.75, 3.05) is 0 Å². The zero-order valence-electron chi connectivity index (χ0n) is 15.3. The van der Waals surface area contributed by atoms with Gasteiger partial charge in [0.05, 0.1) is 11.6 Å². The Kier molecular flexibility index (Phi) is 6.43. The molecule has 0 radical (unpaired) electrons. The van der Waals surface area contributed by atoms with Gasteiger partial charge in [0.1, 0.15) is 10.6 Å². The van der Waals surface area contributed by atoms with Crippen molar-refractivity contribution in [3.05, 3.63) is 92.9 Å². The van der Waals surface area contributed by atoms with Crippen molar-refractivity contribution in [1.82, 2.24) is 0 Å². The van der Waals surface area contributed by atoms with Gasteiger partial charge < -0.3 is 4.18 Å². The molecule has 0 fully saturated rings. The van der Waals surface area contributed by atoms with E-state index in [2.05, 4.69) is 22.0 Å². The number of hydrogen-bond acceptors (Lipinski definition) is 4. The van der Waals surface area contributed by atoms with Gasteiger partial charge in [-0.3, -0.25) is 0 Å². The number of nitrogens with zero attached hydrogens (tertiary/aromatic N) is 1. The highest BCUT2D eigenvalue weighted by atomic mass is 79.9. The lowest BCUT2D eigenvalue weighted by Crippen LogP contribution is -2.10. The summed E-state index contributed by atoms with van der Waals surface area (Å²) in [6, 6.07) is 20.3. The fourth-order valence-corrected chi connectivity index (χ4v) is 4.00. The van der Waals surface area contributed by atoms with E-state index in [0.29, 0.717) is 16.2 Å². The van der Waals surface area contributed by atoms with Crippen LogP contribution >= 0.6 is 27.5 Å². The molecular weight excluding hydrogens is 474 g/mol. The van der Waals surface area contributed by atoms with E-state index in [-0.39, 0.29) is 10.6 Å². The first-order valence-corrected chi connectivity index (χ1v) is 11.0. The van der Waals surface area contributed by atoms with Gasteiger partial charge in [0.15, 0.2) is 0 Å². The van der Waals surface area contributed by atoms with Crippen molar-refractivity contribution in [2.45, 2.75) is 11.8 Å². The minimum absolute atomic E-state index is 0.0150. The van der Waals surface area contributed by atoms with Gasteiger partial charge in [-0.15, -0.1) is 0 Å². The van der Waals surface area contributed by atoms with Crippen LogP contribution in [0.15, 0.2) is 76.1 Å². The maximum atomic E-state index is 12.7. The molecule has 0 aliphatic carbocycles. The Hall–Kier alpha value is -2.59. The summed E-state index contributed by atoms with van der Waals surface area (Å²) in [5.74, 6) is 0.114. The number of hydrogen-bond donors (Lipinski definition) is 0. The van der Waals surface area contributed by atoms with Crippen LogP contribution < -0.4 is 4.18 Å². The van der Waals surface area contributed by atoms with Crippen molar-refractivity contribution in [2.24, 2.45) is 0 Å². The fourth-order valence-electron chi connectivity index (χ4n) is 2.54. The van der Waals surface area contributed by atoms with Crippen LogP contribution in [0.5, 0.6) is 5.75 Å². The molecule has 4 nitrogen and oxygen atoms in total. The number of allylic oxidation sites excluding steroid dienone is 1. The van der Waals surface area contributed by atoms with Gasteiger partial charge in [-0.05, 0) is 61.0 Å². The standard InChI is InChI=1S/C22H15BrClNO3S/c1-15-2-4-16(5-3-15)18(14-25)12-17-13-19(23)6-11-22(17)28-29(26,27)21-9-7-20(24)8-10-21/h2-13H,1H3/b18-12+. The van der Waals surface area contributed by atoms with Crippen molar-refractivity contribution >= 4 is 49.3 Å². The minimum Gasteiger partial charge on any atom is -0.378 e. The highest BCUT2D eigenvalue weighted by molar-refractivity contribution is 9.10. The van der Waals surface area contributed by atoms with Crippen molar-refractivity contribution < 1.29 is 12.6 Å². The van der Waals surface area contributed by atoms with Crippen LogP contribution in [0.2, 0.25) is 5.02 Å². The molecule has 0 aliphatic rings. The Morgan fingerprint density at radius 2 is 1.72 bits per heavy atom. The van der Waals surface area contributed by atoms with Crippen LogP contribution in [0.3, 0.4) is 0 Å². The first-order valence-electron chi connectivity index (χ1n) is 8.47. The molecule has 0 saturated carbocycles. The molecule has 3 rings (SSSR count). The quantitative estimate of drug-likeness (QED) is 0.242. The van der Waals surface area contributed by atoms with E-state index in [0.717, 1.165) is 15.6 Å². The molecule has 0 N–H and O–H groups in total. The summed E-state index contributed by atoms with van der Waals surface area (Å²) in [6.07, 6.45) is 1.60. The van der Waals surface area contributed by atoms with Gasteiger partial charge in [0.25, 0.3) is 0 Å². The topological polar surface area (TPSA) is 67.2 Å². The van der Waals surface area contributed by atoms with Gasteiger partial charge >= 0.3 is 10.1 Å². The van der Waals surface area contributed by atoms with Crippen LogP contribution in [-0.4, -0.2) is 8.42 Å². The lowest BCUT2D eigenvalue weighted by atomic mass is 10.0. The second-order valence-corrected chi connectivity index (χ2v) is 9.11. The van der Waals surface area contributed by atoms with Gasteiger partial charge in [-0.1, -0.05) is 57.4 Å². The Balaban J connectivity index is 2.03. The molecule has 29 heavy (non-hydrogen) atoms. The molecule has 0 aromatic heterocycles. The number of halogens is 2. The van der Waals surface area contributed by atoms with Gasteiger partial charge in [0.2, 0.25) is 0 Å². The average Bonchev–Trinajstić information content (AvgIpc) is 2.69. The van der Waals surface area contributed by atoms with Crippen molar-refractivity contribution in [3.63, 3.8) is 0 Å². The van der Waals surface area contributed by atoms with E-state index in [1.54, 1.807) is 18.2 Å². The Labute approximate surface area is 183 Å². The molecule has 0 heterocycles. The van der Waals surface area contributed by atoms with Gasteiger partial charge in [-0.2, -0.15) is 13.7 Å². The maximum absolute atomic E-state index is 12.7. The van der Waals surface area contributed by atoms with Crippen molar-refractivity contribution in [3.8, 4) is 11.8 Å². The third kappa shape index (κ3) is 5.27. The van der Waals surface area contributed by atoms with E-state index in [1.165, 1.54) is 30.3 Å². The fraction of sp³-hybridized carbons (Fsp3) is 0.0455. The lowest BCUT2D eigenvalue weighted by molar-refractivity contribution is 0.485. The monoisotopic (exact) mass is 487 g/mol. The Bertz CT molecular complexity index is 1210. The van der Waals surface area contributed by atoms with Crippen LogP contribution in [-0.2, 0) is 10.1 Å². The summed E-state index contributed by atoms with van der Waals surface area (Å²) in [5.41, 5.74) is 2.64. The summed E-state index contributed by atoms with van der Waals surface area (Å²) < 4.78 is 31.4. The van der Waals surface area contributed by atoms with Gasteiger partial charge in [-0.25, -0.2) is 0 Å². The number of benzene rings is 3. The molecule has 3 aromatic carbocycles. The predicted octanol–water partition coefficient (Wildman–Crippen LogP) is 6.24. The third-order valence-corrected chi connectivity index (χ3v) is 6.05. The number of rotatable bonds is 5. The largest absolute Gasteiger partial charge is 0.378 e. The van der Waals surface area contributed by atoms with E-state index in [9.17, 15) is 13.7 Å². The summed E-state index contributed by atoms with van der Waals surface area (Å²) >= 11 is 9.20. The molecule has 0 amide bonds. The minimum atomic E-state index is -4.06. The molecule has 3 aromatic rings. The van der Waals surface area contributed by atoms with Gasteiger partial charge in [0, 0.05) is 15.1 Å². The zero-order chi connectivity index (χ0) is 21.0. The summed E-state index contributed by atoms with van der Waals surface area (Å²) in [6.45, 7) is 1.96. The third-order valence-electron chi connectivity index (χ3n) is 4.06. The summed E-state index contributed by atoms with van der Waals surface area (Å²) in [4.78, 5) is -0.0150. The molecule has 0 spiro atoms. The van der Waals surface area contributed by atoms with E-state index >= 15 is 0 Å². The second kappa shape index (κ2) is 8.83. The van der Waals surface area contributed by atoms with Crippen LogP contribution in [0, 0.1) is 18.3 Å². The first-order chi connectivity index (χ1) is 13.8. The highest BCUT2D eigenvalue weighted by Gasteiger charge is 2.18. The number of nitriles is 1. The molecular formula is C22H15BrClNO3S. The SMILES string of the molecule is Cc1ccc(/C(C#N)=C/c2cc(Br)ccc2OS(=O)(=O)c2ccc(Cl)cc2)cc1. The van der Waals surface area contributed by atoms with Crippen LogP contribution in [0.1, 0.15) is 16.7 Å². The lowest BCUT2D eigenvalue weighted by Gasteiger charge is -2.11. The number of aryl methyl sites for hydroxylation is 1. The smallest absolute Gasteiger partial charge is 0.339 e. The molecule has 0 aliphatic heterocycles. The molecule has 7 heteroatoms. The zero-order valence-corrected chi connectivity index (χ0v) is 18.4. The summed E-state index contributed by atoms with van der Waals surface area (Å²) in [5, 5.41) is 10.0. The van der Waals surface area contributed by atoms with E-state index in [4.69, 9.17) is 15.8 Å². The predicted molar refractivity (Wildman–Crippen MR) is 118 cm³/mol. The van der Waals surface area contributed by atoms with E-state index in [1.807, 2.05) is 31.2 Å². The second-order valence-electron chi connectivity index (χ2n) is 6.21. The molecule has 0 unspecified atom stereocenters. The first kappa shape index (κ1) is 21.1. The maximum Gasteiger partial charge on any atom is 0.339 e. The molecule has 0 saturated heterocycles. The van der Waals surface area contributed by atoms with Crippen LogP contribution in [0.4, 0.5) is 0 Å². The average molecular weight is 489 g/mol. The normalized spacial score (nSPS) is 11.7.